The molecule has 1 aliphatic heterocycles. The van der Waals surface area contributed by atoms with Crippen LogP contribution in [0.25, 0.3) is 10.8 Å². The lowest BCUT2D eigenvalue weighted by atomic mass is 9.87. The molecule has 2 N–H and O–H groups in total. The Bertz CT molecular complexity index is 1080. The molecule has 1 aliphatic rings. The van der Waals surface area contributed by atoms with Crippen LogP contribution in [0, 0.1) is 0 Å². The zero-order valence-electron chi connectivity index (χ0n) is 13.4. The maximum atomic E-state index is 12.8. The largest absolute Gasteiger partial charge is 0.375 e. The molecular formula is C20H13Cl2NO3. The molecule has 26 heavy (non-hydrogen) atoms. The Morgan fingerprint density at radius 2 is 1.77 bits per heavy atom. The third kappa shape index (κ3) is 2.67. The van der Waals surface area contributed by atoms with Gasteiger partial charge in [-0.1, -0.05) is 59.6 Å². The molecule has 1 atom stereocenters. The molecule has 0 aromatic heterocycles. The molecule has 4 nitrogen and oxygen atoms in total. The van der Waals surface area contributed by atoms with E-state index in [1.54, 1.807) is 12.1 Å². The number of Topliss-reactive ketones (excluding diaryl/α,β-unsaturated/α-hetero) is 1. The van der Waals surface area contributed by atoms with Gasteiger partial charge >= 0.3 is 0 Å². The summed E-state index contributed by atoms with van der Waals surface area (Å²) in [6, 6.07) is 15.9. The van der Waals surface area contributed by atoms with Crippen LogP contribution in [0.3, 0.4) is 0 Å². The summed E-state index contributed by atoms with van der Waals surface area (Å²) in [4.78, 5) is 25.2. The van der Waals surface area contributed by atoms with E-state index in [1.165, 1.54) is 12.1 Å². The van der Waals surface area contributed by atoms with Crippen molar-refractivity contribution in [1.82, 2.24) is 0 Å². The Labute approximate surface area is 159 Å². The number of benzene rings is 3. The predicted octanol–water partition coefficient (Wildman–Crippen LogP) is 4.56. The normalized spacial score (nSPS) is 18.7. The molecule has 0 unspecified atom stereocenters. The first-order valence-electron chi connectivity index (χ1n) is 7.94. The summed E-state index contributed by atoms with van der Waals surface area (Å²) in [5, 5.41) is 15.9. The Morgan fingerprint density at radius 1 is 1.04 bits per heavy atom. The minimum Gasteiger partial charge on any atom is -0.375 e. The van der Waals surface area contributed by atoms with E-state index >= 15 is 0 Å². The molecule has 4 rings (SSSR count). The van der Waals surface area contributed by atoms with Gasteiger partial charge in [-0.15, -0.1) is 0 Å². The van der Waals surface area contributed by atoms with Crippen LogP contribution in [0.15, 0.2) is 54.6 Å². The second-order valence-electron chi connectivity index (χ2n) is 6.29. The van der Waals surface area contributed by atoms with Gasteiger partial charge in [-0.05, 0) is 29.0 Å². The fourth-order valence-electron chi connectivity index (χ4n) is 3.30. The number of anilines is 1. The molecule has 1 amide bonds. The number of nitrogens with one attached hydrogen (secondary N) is 1. The van der Waals surface area contributed by atoms with E-state index in [2.05, 4.69) is 5.32 Å². The van der Waals surface area contributed by atoms with Crippen molar-refractivity contribution >= 4 is 51.4 Å². The van der Waals surface area contributed by atoms with E-state index in [0.29, 0.717) is 16.3 Å². The number of ketones is 1. The van der Waals surface area contributed by atoms with E-state index in [4.69, 9.17) is 23.2 Å². The first-order chi connectivity index (χ1) is 12.4. The van der Waals surface area contributed by atoms with Crippen LogP contribution in [0.2, 0.25) is 10.0 Å². The fraction of sp³-hybridized carbons (Fsp3) is 0.100. The molecule has 0 saturated carbocycles. The second kappa shape index (κ2) is 6.09. The highest BCUT2D eigenvalue weighted by molar-refractivity contribution is 6.36. The first kappa shape index (κ1) is 17.0. The van der Waals surface area contributed by atoms with E-state index in [9.17, 15) is 14.7 Å². The van der Waals surface area contributed by atoms with Crippen LogP contribution in [-0.4, -0.2) is 16.8 Å². The van der Waals surface area contributed by atoms with E-state index in [1.807, 2.05) is 30.3 Å². The van der Waals surface area contributed by atoms with Gasteiger partial charge in [0, 0.05) is 16.1 Å². The van der Waals surface area contributed by atoms with Crippen molar-refractivity contribution in [3.8, 4) is 0 Å². The van der Waals surface area contributed by atoms with Crippen molar-refractivity contribution in [1.29, 1.82) is 0 Å². The summed E-state index contributed by atoms with van der Waals surface area (Å²) < 4.78 is 0. The monoisotopic (exact) mass is 385 g/mol. The van der Waals surface area contributed by atoms with E-state index < -0.39 is 17.9 Å². The molecule has 3 aromatic carbocycles. The third-order valence-electron chi connectivity index (χ3n) is 4.58. The fourth-order valence-corrected chi connectivity index (χ4v) is 3.95. The number of carbonyl (C=O) groups excluding carboxylic acids is 2. The molecule has 0 radical (unpaired) electrons. The molecule has 0 bridgehead atoms. The van der Waals surface area contributed by atoms with Gasteiger partial charge < -0.3 is 10.4 Å². The van der Waals surface area contributed by atoms with Crippen LogP contribution in [0.5, 0.6) is 0 Å². The molecular weight excluding hydrogens is 373 g/mol. The summed E-state index contributed by atoms with van der Waals surface area (Å²) in [6.07, 6.45) is -0.411. The number of carbonyl (C=O) groups is 2. The number of halogens is 2. The van der Waals surface area contributed by atoms with Crippen molar-refractivity contribution in [2.24, 2.45) is 0 Å². The molecule has 1 heterocycles. The van der Waals surface area contributed by atoms with Crippen molar-refractivity contribution in [3.63, 3.8) is 0 Å². The number of hydrogen-bond acceptors (Lipinski definition) is 3. The molecule has 0 saturated heterocycles. The van der Waals surface area contributed by atoms with Gasteiger partial charge in [-0.2, -0.15) is 0 Å². The van der Waals surface area contributed by atoms with Gasteiger partial charge in [0.25, 0.3) is 5.91 Å². The molecule has 0 spiro atoms. The molecule has 0 fully saturated rings. The average molecular weight is 386 g/mol. The lowest BCUT2D eigenvalue weighted by Gasteiger charge is -2.21. The SMILES string of the molecule is O=C(C[C@@]1(O)C(=O)Nc2cc(Cl)cc(Cl)c21)c1ccc2ccccc2c1. The van der Waals surface area contributed by atoms with Gasteiger partial charge in [-0.25, -0.2) is 0 Å². The minimum atomic E-state index is -2.03. The number of rotatable bonds is 3. The Kier molecular flexibility index (Phi) is 3.99. The number of aliphatic hydroxyl groups is 1. The highest BCUT2D eigenvalue weighted by atomic mass is 35.5. The van der Waals surface area contributed by atoms with Crippen molar-refractivity contribution < 1.29 is 14.7 Å². The summed E-state index contributed by atoms with van der Waals surface area (Å²) in [6.45, 7) is 0. The second-order valence-corrected chi connectivity index (χ2v) is 7.13. The minimum absolute atomic E-state index is 0.139. The summed E-state index contributed by atoms with van der Waals surface area (Å²) in [5.41, 5.74) is -1.10. The lowest BCUT2D eigenvalue weighted by Crippen LogP contribution is -2.36. The van der Waals surface area contributed by atoms with Crippen LogP contribution in [0.4, 0.5) is 5.69 Å². The average Bonchev–Trinajstić information content (AvgIpc) is 2.84. The maximum Gasteiger partial charge on any atom is 0.261 e. The van der Waals surface area contributed by atoms with Crippen LogP contribution >= 0.6 is 23.2 Å². The quantitative estimate of drug-likeness (QED) is 0.649. The van der Waals surface area contributed by atoms with E-state index in [-0.39, 0.29) is 16.4 Å². The van der Waals surface area contributed by atoms with Crippen molar-refractivity contribution in [3.05, 3.63) is 75.8 Å². The van der Waals surface area contributed by atoms with Gasteiger partial charge in [0.2, 0.25) is 0 Å². The first-order valence-corrected chi connectivity index (χ1v) is 8.69. The molecule has 3 aromatic rings. The van der Waals surface area contributed by atoms with Gasteiger partial charge in [-0.3, -0.25) is 9.59 Å². The van der Waals surface area contributed by atoms with Crippen LogP contribution in [0.1, 0.15) is 22.3 Å². The number of hydrogen-bond donors (Lipinski definition) is 2. The van der Waals surface area contributed by atoms with E-state index in [0.717, 1.165) is 10.8 Å². The standard InChI is InChI=1S/C20H13Cl2NO3/c21-14-8-15(22)18-16(9-14)23-19(25)20(18,26)10-17(24)13-6-5-11-3-1-2-4-12(11)7-13/h1-9,26H,10H2,(H,23,25)/t20-/m0/s1. The Hall–Kier alpha value is -2.40. The molecule has 0 aliphatic carbocycles. The van der Waals surface area contributed by atoms with Crippen molar-refractivity contribution in [2.75, 3.05) is 5.32 Å². The predicted molar refractivity (Wildman–Crippen MR) is 102 cm³/mol. The summed E-state index contributed by atoms with van der Waals surface area (Å²) in [7, 11) is 0. The Balaban J connectivity index is 1.72. The zero-order valence-corrected chi connectivity index (χ0v) is 14.9. The van der Waals surface area contributed by atoms with Gasteiger partial charge in [0.05, 0.1) is 17.1 Å². The zero-order chi connectivity index (χ0) is 18.5. The Morgan fingerprint density at radius 3 is 2.54 bits per heavy atom. The third-order valence-corrected chi connectivity index (χ3v) is 5.10. The molecule has 6 heteroatoms. The van der Waals surface area contributed by atoms with Gasteiger partial charge in [0.15, 0.2) is 11.4 Å². The van der Waals surface area contributed by atoms with Gasteiger partial charge in [0.1, 0.15) is 0 Å². The number of amides is 1. The molecule has 130 valence electrons. The highest BCUT2D eigenvalue weighted by Crippen LogP contribution is 2.44. The maximum absolute atomic E-state index is 12.8. The van der Waals surface area contributed by atoms with Crippen LogP contribution in [-0.2, 0) is 10.4 Å². The van der Waals surface area contributed by atoms with Crippen molar-refractivity contribution in [2.45, 2.75) is 12.0 Å². The number of fused-ring (bicyclic) bond motifs is 2. The lowest BCUT2D eigenvalue weighted by molar-refractivity contribution is -0.133. The topological polar surface area (TPSA) is 66.4 Å². The smallest absolute Gasteiger partial charge is 0.261 e. The van der Waals surface area contributed by atoms with Crippen LogP contribution < -0.4 is 5.32 Å². The summed E-state index contributed by atoms with van der Waals surface area (Å²) in [5.74, 6) is -1.04. The summed E-state index contributed by atoms with van der Waals surface area (Å²) >= 11 is 12.1. The highest BCUT2D eigenvalue weighted by Gasteiger charge is 2.48.